The Hall–Kier alpha value is -3.05. The van der Waals surface area contributed by atoms with Crippen LogP contribution in [-0.2, 0) is 13.0 Å². The van der Waals surface area contributed by atoms with Gasteiger partial charge in [0.25, 0.3) is 0 Å². The van der Waals surface area contributed by atoms with E-state index in [0.29, 0.717) is 6.61 Å². The van der Waals surface area contributed by atoms with E-state index in [1.54, 1.807) is 0 Å². The maximum Gasteiger partial charge on any atom is 0.133 e. The largest absolute Gasteiger partial charge is 0.489 e. The molecular formula is C25H25N3OS. The van der Waals surface area contributed by atoms with Crippen LogP contribution in [0.25, 0.3) is 16.3 Å². The van der Waals surface area contributed by atoms with E-state index >= 15 is 0 Å². The van der Waals surface area contributed by atoms with Gasteiger partial charge < -0.3 is 10.1 Å². The number of nitrogens with zero attached hydrogens (tertiary/aromatic N) is 2. The summed E-state index contributed by atoms with van der Waals surface area (Å²) in [6.45, 7) is 3.71. The standard InChI is InChI=1S/C25H25N3OS/c1-18-10-15-23(30-18)24-22-9-5-6-16-26-25(22)28(27-24)20-11-13-21(14-12-20)29-17-19-7-3-2-4-8-19/h2-4,7-8,10-15,26H,5-6,9,16-17H2,1H3. The van der Waals surface area contributed by atoms with E-state index in [2.05, 4.69) is 53.3 Å². The zero-order valence-electron chi connectivity index (χ0n) is 17.1. The van der Waals surface area contributed by atoms with Crippen molar-refractivity contribution in [1.82, 2.24) is 9.78 Å². The predicted molar refractivity (Wildman–Crippen MR) is 124 cm³/mol. The van der Waals surface area contributed by atoms with Crippen LogP contribution in [0.4, 0.5) is 5.82 Å². The second-order valence-electron chi connectivity index (χ2n) is 7.65. The molecule has 30 heavy (non-hydrogen) atoms. The molecule has 152 valence electrons. The van der Waals surface area contributed by atoms with E-state index < -0.39 is 0 Å². The molecule has 2 aromatic heterocycles. The highest BCUT2D eigenvalue weighted by molar-refractivity contribution is 7.15. The summed E-state index contributed by atoms with van der Waals surface area (Å²) in [6, 6.07) is 22.8. The highest BCUT2D eigenvalue weighted by atomic mass is 32.1. The fourth-order valence-corrected chi connectivity index (χ4v) is 4.75. The van der Waals surface area contributed by atoms with E-state index in [1.807, 2.05) is 41.7 Å². The molecule has 1 N–H and O–H groups in total. The van der Waals surface area contributed by atoms with Gasteiger partial charge in [-0.2, -0.15) is 5.10 Å². The molecule has 5 heteroatoms. The molecule has 0 amide bonds. The van der Waals surface area contributed by atoms with Gasteiger partial charge in [0.15, 0.2) is 0 Å². The Morgan fingerprint density at radius 2 is 1.83 bits per heavy atom. The van der Waals surface area contributed by atoms with Crippen molar-refractivity contribution < 1.29 is 4.74 Å². The second kappa shape index (κ2) is 8.36. The van der Waals surface area contributed by atoms with Gasteiger partial charge in [-0.25, -0.2) is 4.68 Å². The van der Waals surface area contributed by atoms with Crippen molar-refractivity contribution in [2.75, 3.05) is 11.9 Å². The minimum absolute atomic E-state index is 0.570. The van der Waals surface area contributed by atoms with Crippen LogP contribution in [0, 0.1) is 6.92 Å². The highest BCUT2D eigenvalue weighted by Gasteiger charge is 2.22. The quantitative estimate of drug-likeness (QED) is 0.419. The summed E-state index contributed by atoms with van der Waals surface area (Å²) in [5.41, 5.74) is 4.66. The normalized spacial score (nSPS) is 13.4. The van der Waals surface area contributed by atoms with Crippen LogP contribution in [-0.4, -0.2) is 16.3 Å². The van der Waals surface area contributed by atoms with E-state index in [-0.39, 0.29) is 0 Å². The third-order valence-corrected chi connectivity index (χ3v) is 6.44. The first-order chi connectivity index (χ1) is 14.8. The molecule has 4 nitrogen and oxygen atoms in total. The van der Waals surface area contributed by atoms with Crippen LogP contribution in [0.5, 0.6) is 5.75 Å². The minimum Gasteiger partial charge on any atom is -0.489 e. The molecule has 0 aliphatic carbocycles. The number of nitrogens with one attached hydrogen (secondary N) is 1. The average Bonchev–Trinajstić information content (AvgIpc) is 3.28. The van der Waals surface area contributed by atoms with Gasteiger partial charge in [-0.05, 0) is 68.1 Å². The van der Waals surface area contributed by atoms with Gasteiger partial charge in [0, 0.05) is 17.0 Å². The molecule has 0 atom stereocenters. The van der Waals surface area contributed by atoms with Crippen molar-refractivity contribution in [3.05, 3.63) is 82.7 Å². The smallest absolute Gasteiger partial charge is 0.133 e. The molecule has 1 aliphatic heterocycles. The molecule has 0 bridgehead atoms. The Kier molecular flexibility index (Phi) is 5.28. The first kappa shape index (κ1) is 18.9. The topological polar surface area (TPSA) is 39.1 Å². The Balaban J connectivity index is 1.44. The van der Waals surface area contributed by atoms with Gasteiger partial charge in [-0.15, -0.1) is 11.3 Å². The lowest BCUT2D eigenvalue weighted by Gasteiger charge is -2.11. The average molecular weight is 416 g/mol. The molecule has 0 spiro atoms. The monoisotopic (exact) mass is 415 g/mol. The van der Waals surface area contributed by atoms with Crippen LogP contribution in [0.1, 0.15) is 28.8 Å². The first-order valence-corrected chi connectivity index (χ1v) is 11.3. The summed E-state index contributed by atoms with van der Waals surface area (Å²) in [5, 5.41) is 8.66. The fourth-order valence-electron chi connectivity index (χ4n) is 3.87. The number of benzene rings is 2. The summed E-state index contributed by atoms with van der Waals surface area (Å²) in [4.78, 5) is 2.56. The van der Waals surface area contributed by atoms with Gasteiger partial charge >= 0.3 is 0 Å². The van der Waals surface area contributed by atoms with Crippen LogP contribution in [0.3, 0.4) is 0 Å². The molecular weight excluding hydrogens is 390 g/mol. The van der Waals surface area contributed by atoms with E-state index in [1.165, 1.54) is 33.7 Å². The number of aryl methyl sites for hydroxylation is 1. The first-order valence-electron chi connectivity index (χ1n) is 10.5. The number of rotatable bonds is 5. The molecule has 5 rings (SSSR count). The van der Waals surface area contributed by atoms with Crippen molar-refractivity contribution in [2.45, 2.75) is 32.8 Å². The Morgan fingerprint density at radius 3 is 2.60 bits per heavy atom. The molecule has 0 unspecified atom stereocenters. The molecule has 0 saturated carbocycles. The molecule has 4 aromatic rings. The summed E-state index contributed by atoms with van der Waals surface area (Å²) in [6.07, 6.45) is 3.44. The highest BCUT2D eigenvalue weighted by Crippen LogP contribution is 2.37. The number of fused-ring (bicyclic) bond motifs is 1. The van der Waals surface area contributed by atoms with E-state index in [0.717, 1.165) is 35.9 Å². The molecule has 0 fully saturated rings. The van der Waals surface area contributed by atoms with Gasteiger partial charge in [0.2, 0.25) is 0 Å². The maximum absolute atomic E-state index is 5.95. The predicted octanol–water partition coefficient (Wildman–Crippen LogP) is 6.24. The zero-order valence-corrected chi connectivity index (χ0v) is 17.9. The lowest BCUT2D eigenvalue weighted by molar-refractivity contribution is 0.306. The third kappa shape index (κ3) is 3.85. The second-order valence-corrected chi connectivity index (χ2v) is 8.94. The Bertz CT molecular complexity index is 1130. The van der Waals surface area contributed by atoms with Gasteiger partial charge in [-0.3, -0.25) is 0 Å². The van der Waals surface area contributed by atoms with Gasteiger partial charge in [0.05, 0.1) is 10.6 Å². The van der Waals surface area contributed by atoms with Crippen LogP contribution in [0.2, 0.25) is 0 Å². The lowest BCUT2D eigenvalue weighted by Crippen LogP contribution is -2.07. The number of thiophene rings is 1. The summed E-state index contributed by atoms with van der Waals surface area (Å²) in [7, 11) is 0. The minimum atomic E-state index is 0.570. The third-order valence-electron chi connectivity index (χ3n) is 5.43. The van der Waals surface area contributed by atoms with Crippen molar-refractivity contribution >= 4 is 17.2 Å². The summed E-state index contributed by atoms with van der Waals surface area (Å²) in [5.74, 6) is 1.99. The maximum atomic E-state index is 5.95. The van der Waals surface area contributed by atoms with Gasteiger partial charge in [0.1, 0.15) is 23.9 Å². The summed E-state index contributed by atoms with van der Waals surface area (Å²) >= 11 is 1.81. The lowest BCUT2D eigenvalue weighted by atomic mass is 10.1. The Labute approximate surface area is 181 Å². The Morgan fingerprint density at radius 1 is 1.00 bits per heavy atom. The molecule has 3 heterocycles. The molecule has 2 aromatic carbocycles. The van der Waals surface area contributed by atoms with E-state index in [4.69, 9.17) is 9.84 Å². The van der Waals surface area contributed by atoms with Crippen LogP contribution in [0.15, 0.2) is 66.7 Å². The number of hydrogen-bond donors (Lipinski definition) is 1. The van der Waals surface area contributed by atoms with Crippen LogP contribution < -0.4 is 10.1 Å². The fraction of sp³-hybridized carbons (Fsp3) is 0.240. The van der Waals surface area contributed by atoms with Crippen LogP contribution >= 0.6 is 11.3 Å². The van der Waals surface area contributed by atoms with Crippen molar-refractivity contribution in [2.24, 2.45) is 0 Å². The number of hydrogen-bond acceptors (Lipinski definition) is 4. The van der Waals surface area contributed by atoms with Crippen molar-refractivity contribution in [3.8, 4) is 22.0 Å². The zero-order chi connectivity index (χ0) is 20.3. The SMILES string of the molecule is Cc1ccc(-c2nn(-c3ccc(OCc4ccccc4)cc3)c3c2CCCCN3)s1. The molecule has 0 saturated heterocycles. The number of aromatic nitrogens is 2. The van der Waals surface area contributed by atoms with E-state index in [9.17, 15) is 0 Å². The van der Waals surface area contributed by atoms with Crippen molar-refractivity contribution in [1.29, 1.82) is 0 Å². The summed E-state index contributed by atoms with van der Waals surface area (Å²) < 4.78 is 8.01. The molecule has 1 aliphatic rings. The van der Waals surface area contributed by atoms with Crippen molar-refractivity contribution in [3.63, 3.8) is 0 Å². The number of anilines is 1. The number of ether oxygens (including phenoxy) is 1. The molecule has 0 radical (unpaired) electrons. The van der Waals surface area contributed by atoms with Gasteiger partial charge in [-0.1, -0.05) is 30.3 Å².